The third kappa shape index (κ3) is 2.90. The Balaban J connectivity index is 2.00. The lowest BCUT2D eigenvalue weighted by Gasteiger charge is -2.09. The van der Waals surface area contributed by atoms with Crippen LogP contribution in [0.1, 0.15) is 16.7 Å². The molecule has 4 nitrogen and oxygen atoms in total. The molecule has 0 bridgehead atoms. The fraction of sp³-hybridized carbons (Fsp3) is 0.357. The average Bonchev–Trinajstić information content (AvgIpc) is 2.79. The molecular formula is C14H19N3O. The number of aromatic nitrogens is 2. The maximum Gasteiger partial charge on any atom is 0.0729 e. The topological polar surface area (TPSA) is 50.1 Å². The number of aliphatic hydroxyl groups excluding tert-OH is 1. The molecule has 2 N–H and O–H groups in total. The molecule has 2 rings (SSSR count). The van der Waals surface area contributed by atoms with Crippen LogP contribution in [0.4, 0.5) is 5.69 Å². The van der Waals surface area contributed by atoms with Crippen LogP contribution in [0.5, 0.6) is 0 Å². The number of hydrogen-bond acceptors (Lipinski definition) is 3. The Morgan fingerprint density at radius 3 is 2.94 bits per heavy atom. The van der Waals surface area contributed by atoms with Crippen molar-refractivity contribution in [1.29, 1.82) is 0 Å². The number of aliphatic hydroxyl groups is 1. The van der Waals surface area contributed by atoms with E-state index in [0.29, 0.717) is 6.54 Å². The Morgan fingerprint density at radius 1 is 1.33 bits per heavy atom. The van der Waals surface area contributed by atoms with E-state index < -0.39 is 0 Å². The highest BCUT2D eigenvalue weighted by Gasteiger charge is 2.02. The molecular weight excluding hydrogens is 226 g/mol. The summed E-state index contributed by atoms with van der Waals surface area (Å²) in [4.78, 5) is 0. The van der Waals surface area contributed by atoms with Crippen LogP contribution in [-0.4, -0.2) is 21.5 Å². The van der Waals surface area contributed by atoms with E-state index >= 15 is 0 Å². The van der Waals surface area contributed by atoms with Gasteiger partial charge in [-0.15, -0.1) is 0 Å². The van der Waals surface area contributed by atoms with Gasteiger partial charge in [0.25, 0.3) is 0 Å². The predicted molar refractivity (Wildman–Crippen MR) is 72.6 cm³/mol. The molecule has 0 unspecified atom stereocenters. The minimum absolute atomic E-state index is 0.109. The molecule has 0 atom stereocenters. The SMILES string of the molecule is Cc1cccc(CNc2cnn(CCO)c2)c1C. The van der Waals surface area contributed by atoms with Crippen molar-refractivity contribution >= 4 is 5.69 Å². The first-order valence-corrected chi connectivity index (χ1v) is 6.13. The smallest absolute Gasteiger partial charge is 0.0729 e. The van der Waals surface area contributed by atoms with Gasteiger partial charge in [0, 0.05) is 12.7 Å². The molecule has 0 aliphatic rings. The van der Waals surface area contributed by atoms with Gasteiger partial charge in [-0.05, 0) is 30.5 Å². The van der Waals surface area contributed by atoms with Gasteiger partial charge in [0.1, 0.15) is 0 Å². The number of aryl methyl sites for hydroxylation is 1. The van der Waals surface area contributed by atoms with Crippen molar-refractivity contribution in [2.45, 2.75) is 26.9 Å². The largest absolute Gasteiger partial charge is 0.394 e. The highest BCUT2D eigenvalue weighted by atomic mass is 16.3. The van der Waals surface area contributed by atoms with Gasteiger partial charge in [-0.3, -0.25) is 4.68 Å². The summed E-state index contributed by atoms with van der Waals surface area (Å²) < 4.78 is 1.73. The van der Waals surface area contributed by atoms with E-state index in [9.17, 15) is 0 Å². The van der Waals surface area contributed by atoms with Crippen LogP contribution < -0.4 is 5.32 Å². The highest BCUT2D eigenvalue weighted by molar-refractivity contribution is 5.41. The second-order valence-corrected chi connectivity index (χ2v) is 4.43. The van der Waals surface area contributed by atoms with Crippen molar-refractivity contribution in [2.24, 2.45) is 0 Å². The van der Waals surface area contributed by atoms with Crippen molar-refractivity contribution in [3.05, 3.63) is 47.3 Å². The van der Waals surface area contributed by atoms with E-state index in [4.69, 9.17) is 5.11 Å². The van der Waals surface area contributed by atoms with Gasteiger partial charge in [-0.1, -0.05) is 18.2 Å². The van der Waals surface area contributed by atoms with Crippen LogP contribution in [0.2, 0.25) is 0 Å². The molecule has 0 fully saturated rings. The molecule has 96 valence electrons. The number of rotatable bonds is 5. The third-order valence-electron chi connectivity index (χ3n) is 3.16. The van der Waals surface area contributed by atoms with E-state index in [1.54, 1.807) is 10.9 Å². The first kappa shape index (κ1) is 12.6. The second-order valence-electron chi connectivity index (χ2n) is 4.43. The van der Waals surface area contributed by atoms with Crippen LogP contribution in [0, 0.1) is 13.8 Å². The van der Waals surface area contributed by atoms with Gasteiger partial charge in [-0.2, -0.15) is 5.10 Å². The van der Waals surface area contributed by atoms with Gasteiger partial charge in [0.15, 0.2) is 0 Å². The van der Waals surface area contributed by atoms with Gasteiger partial charge in [-0.25, -0.2) is 0 Å². The molecule has 0 aliphatic heterocycles. The van der Waals surface area contributed by atoms with Crippen LogP contribution in [0.25, 0.3) is 0 Å². The summed E-state index contributed by atoms with van der Waals surface area (Å²) in [5, 5.41) is 16.3. The summed E-state index contributed by atoms with van der Waals surface area (Å²) in [6, 6.07) is 6.33. The molecule has 0 spiro atoms. The quantitative estimate of drug-likeness (QED) is 0.848. The average molecular weight is 245 g/mol. The Hall–Kier alpha value is -1.81. The molecule has 18 heavy (non-hydrogen) atoms. The van der Waals surface area contributed by atoms with E-state index in [0.717, 1.165) is 12.2 Å². The Bertz CT molecular complexity index is 520. The van der Waals surface area contributed by atoms with E-state index in [1.165, 1.54) is 16.7 Å². The molecule has 4 heteroatoms. The van der Waals surface area contributed by atoms with Crippen LogP contribution in [-0.2, 0) is 13.1 Å². The van der Waals surface area contributed by atoms with Crippen molar-refractivity contribution in [3.8, 4) is 0 Å². The van der Waals surface area contributed by atoms with Gasteiger partial charge < -0.3 is 10.4 Å². The molecule has 1 aromatic heterocycles. The first-order chi connectivity index (χ1) is 8.70. The summed E-state index contributed by atoms with van der Waals surface area (Å²) >= 11 is 0. The summed E-state index contributed by atoms with van der Waals surface area (Å²) in [7, 11) is 0. The van der Waals surface area contributed by atoms with Crippen molar-refractivity contribution < 1.29 is 5.11 Å². The van der Waals surface area contributed by atoms with Crippen molar-refractivity contribution in [1.82, 2.24) is 9.78 Å². The Morgan fingerprint density at radius 2 is 2.17 bits per heavy atom. The van der Waals surface area contributed by atoms with Crippen LogP contribution >= 0.6 is 0 Å². The summed E-state index contributed by atoms with van der Waals surface area (Å²) in [6.45, 7) is 5.70. The molecule has 0 aliphatic carbocycles. The maximum absolute atomic E-state index is 8.82. The number of hydrogen-bond donors (Lipinski definition) is 2. The molecule has 1 heterocycles. The normalized spacial score (nSPS) is 10.6. The maximum atomic E-state index is 8.82. The summed E-state index contributed by atoms with van der Waals surface area (Å²) in [5.41, 5.74) is 4.91. The zero-order valence-electron chi connectivity index (χ0n) is 10.8. The zero-order valence-corrected chi connectivity index (χ0v) is 10.8. The van der Waals surface area contributed by atoms with Gasteiger partial charge in [0.05, 0.1) is 25.0 Å². The van der Waals surface area contributed by atoms with Crippen LogP contribution in [0.15, 0.2) is 30.6 Å². The molecule has 0 amide bonds. The fourth-order valence-electron chi connectivity index (χ4n) is 1.88. The lowest BCUT2D eigenvalue weighted by atomic mass is 10.0. The number of benzene rings is 1. The predicted octanol–water partition coefficient (Wildman–Crippen LogP) is 2.10. The Kier molecular flexibility index (Phi) is 3.99. The third-order valence-corrected chi connectivity index (χ3v) is 3.16. The van der Waals surface area contributed by atoms with Gasteiger partial charge >= 0.3 is 0 Å². The Labute approximate surface area is 107 Å². The van der Waals surface area contributed by atoms with E-state index in [2.05, 4.69) is 42.5 Å². The van der Waals surface area contributed by atoms with Crippen molar-refractivity contribution in [2.75, 3.05) is 11.9 Å². The number of nitrogens with one attached hydrogen (secondary N) is 1. The molecule has 0 saturated heterocycles. The summed E-state index contributed by atoms with van der Waals surface area (Å²) in [6.07, 6.45) is 3.68. The molecule has 2 aromatic rings. The highest BCUT2D eigenvalue weighted by Crippen LogP contribution is 2.14. The summed E-state index contributed by atoms with van der Waals surface area (Å²) in [5.74, 6) is 0. The second kappa shape index (κ2) is 5.69. The minimum atomic E-state index is 0.109. The van der Waals surface area contributed by atoms with Crippen molar-refractivity contribution in [3.63, 3.8) is 0 Å². The molecule has 0 radical (unpaired) electrons. The molecule has 0 saturated carbocycles. The zero-order chi connectivity index (χ0) is 13.0. The van der Waals surface area contributed by atoms with Crippen LogP contribution in [0.3, 0.4) is 0 Å². The number of anilines is 1. The standard InChI is InChI=1S/C14H19N3O/c1-11-4-3-5-13(12(11)2)8-15-14-9-16-17(10-14)6-7-18/h3-5,9-10,15,18H,6-8H2,1-2H3. The monoisotopic (exact) mass is 245 g/mol. The van der Waals surface area contributed by atoms with Gasteiger partial charge in [0.2, 0.25) is 0 Å². The van der Waals surface area contributed by atoms with E-state index in [1.807, 2.05) is 6.20 Å². The first-order valence-electron chi connectivity index (χ1n) is 6.13. The minimum Gasteiger partial charge on any atom is -0.394 e. The number of nitrogens with zero attached hydrogens (tertiary/aromatic N) is 2. The lowest BCUT2D eigenvalue weighted by molar-refractivity contribution is 0.269. The fourth-order valence-corrected chi connectivity index (χ4v) is 1.88. The molecule has 1 aromatic carbocycles. The van der Waals surface area contributed by atoms with E-state index in [-0.39, 0.29) is 6.61 Å². The lowest BCUT2D eigenvalue weighted by Crippen LogP contribution is -2.03.